The Morgan fingerprint density at radius 1 is 0.947 bits per heavy atom. The largest absolute Gasteiger partial charge is 0.382 e. The minimum Gasteiger partial charge on any atom is -0.382 e. The molecule has 2 aromatic heterocycles. The van der Waals surface area contributed by atoms with E-state index in [2.05, 4.69) is 19.9 Å². The molecular weight excluding hydrogens is 244 g/mol. The number of rotatable bonds is 1. The molecule has 0 saturated carbocycles. The van der Waals surface area contributed by atoms with Crippen molar-refractivity contribution in [2.45, 2.75) is 0 Å². The summed E-state index contributed by atoms with van der Waals surface area (Å²) >= 11 is 0. The molecule has 1 aromatic carbocycles. The molecule has 0 amide bonds. The Balaban J connectivity index is 2.34. The predicted octanol–water partition coefficient (Wildman–Crippen LogP) is 0.545. The molecule has 2 heterocycles. The van der Waals surface area contributed by atoms with Crippen molar-refractivity contribution in [1.82, 2.24) is 19.9 Å². The number of H-pyrrole nitrogens is 1. The summed E-state index contributed by atoms with van der Waals surface area (Å²) in [4.78, 5) is 26.6. The maximum absolute atomic E-state index is 12.0. The molecular formula is C12H10N6O. The summed E-state index contributed by atoms with van der Waals surface area (Å²) in [5, 5.41) is 0. The van der Waals surface area contributed by atoms with Crippen LogP contribution in [0, 0.1) is 0 Å². The highest BCUT2D eigenvalue weighted by Gasteiger charge is 2.11. The molecule has 7 nitrogen and oxygen atoms in total. The van der Waals surface area contributed by atoms with Gasteiger partial charge in [-0.25, -0.2) is 9.97 Å². The summed E-state index contributed by atoms with van der Waals surface area (Å²) in [5.41, 5.74) is 11.9. The predicted molar refractivity (Wildman–Crippen MR) is 72.2 cm³/mol. The number of hydrogen-bond donors (Lipinski definition) is 3. The second-order valence-corrected chi connectivity index (χ2v) is 3.94. The minimum atomic E-state index is -0.398. The van der Waals surface area contributed by atoms with E-state index >= 15 is 0 Å². The number of nitrogen functional groups attached to an aromatic ring is 2. The fourth-order valence-corrected chi connectivity index (χ4v) is 1.80. The van der Waals surface area contributed by atoms with Crippen molar-refractivity contribution in [2.24, 2.45) is 0 Å². The topological polar surface area (TPSA) is 124 Å². The molecule has 0 unspecified atom stereocenters. The first kappa shape index (κ1) is 11.1. The Bertz CT molecular complexity index is 812. The normalized spacial score (nSPS) is 10.7. The first-order chi connectivity index (χ1) is 9.15. The van der Waals surface area contributed by atoms with Crippen LogP contribution < -0.4 is 17.0 Å². The molecule has 0 atom stereocenters. The van der Waals surface area contributed by atoms with E-state index in [0.29, 0.717) is 5.82 Å². The van der Waals surface area contributed by atoms with E-state index < -0.39 is 5.56 Å². The highest BCUT2D eigenvalue weighted by atomic mass is 16.1. The molecule has 19 heavy (non-hydrogen) atoms. The van der Waals surface area contributed by atoms with Crippen molar-refractivity contribution in [3.8, 4) is 11.4 Å². The maximum Gasteiger partial charge on any atom is 0.277 e. The van der Waals surface area contributed by atoms with E-state index in [1.807, 2.05) is 30.3 Å². The Kier molecular flexibility index (Phi) is 2.38. The monoisotopic (exact) mass is 254 g/mol. The van der Waals surface area contributed by atoms with E-state index in [9.17, 15) is 4.79 Å². The lowest BCUT2D eigenvalue weighted by molar-refractivity contribution is 1.13. The van der Waals surface area contributed by atoms with Gasteiger partial charge in [0.15, 0.2) is 11.3 Å². The third kappa shape index (κ3) is 1.86. The van der Waals surface area contributed by atoms with Gasteiger partial charge in [0.2, 0.25) is 5.95 Å². The van der Waals surface area contributed by atoms with Crippen molar-refractivity contribution < 1.29 is 0 Å². The highest BCUT2D eigenvalue weighted by molar-refractivity contribution is 5.85. The smallest absolute Gasteiger partial charge is 0.277 e. The van der Waals surface area contributed by atoms with Gasteiger partial charge in [-0.15, -0.1) is 0 Å². The number of nitrogens with two attached hydrogens (primary N) is 2. The molecule has 0 spiro atoms. The number of anilines is 2. The first-order valence-electron chi connectivity index (χ1n) is 5.53. The van der Waals surface area contributed by atoms with Crippen molar-refractivity contribution in [2.75, 3.05) is 11.5 Å². The van der Waals surface area contributed by atoms with Crippen LogP contribution in [0.15, 0.2) is 35.1 Å². The van der Waals surface area contributed by atoms with Crippen molar-refractivity contribution in [3.05, 3.63) is 40.7 Å². The Morgan fingerprint density at radius 2 is 1.68 bits per heavy atom. The summed E-state index contributed by atoms with van der Waals surface area (Å²) in [6, 6.07) is 9.24. The molecule has 3 aromatic rings. The number of hydrogen-bond acceptors (Lipinski definition) is 6. The zero-order valence-corrected chi connectivity index (χ0v) is 9.79. The summed E-state index contributed by atoms with van der Waals surface area (Å²) in [7, 11) is 0. The molecule has 5 N–H and O–H groups in total. The Labute approximate surface area is 107 Å². The van der Waals surface area contributed by atoms with Crippen LogP contribution in [0.4, 0.5) is 11.8 Å². The molecule has 0 fully saturated rings. The zero-order chi connectivity index (χ0) is 13.4. The van der Waals surface area contributed by atoms with Gasteiger partial charge in [-0.3, -0.25) is 4.79 Å². The number of benzene rings is 1. The van der Waals surface area contributed by atoms with Gasteiger partial charge in [0.1, 0.15) is 11.3 Å². The average molecular weight is 254 g/mol. The van der Waals surface area contributed by atoms with Gasteiger partial charge in [0.05, 0.1) is 0 Å². The van der Waals surface area contributed by atoms with Gasteiger partial charge >= 0.3 is 0 Å². The molecule has 0 aliphatic carbocycles. The van der Waals surface area contributed by atoms with Crippen LogP contribution >= 0.6 is 0 Å². The molecule has 0 aliphatic rings. The molecule has 0 bridgehead atoms. The van der Waals surface area contributed by atoms with Crippen LogP contribution in [-0.2, 0) is 0 Å². The number of nitrogens with one attached hydrogen (secondary N) is 1. The number of fused-ring (bicyclic) bond motifs is 1. The zero-order valence-electron chi connectivity index (χ0n) is 9.79. The van der Waals surface area contributed by atoms with Crippen LogP contribution in [0.25, 0.3) is 22.4 Å². The summed E-state index contributed by atoms with van der Waals surface area (Å²) in [6.45, 7) is 0. The fourth-order valence-electron chi connectivity index (χ4n) is 1.80. The van der Waals surface area contributed by atoms with Crippen LogP contribution in [0.2, 0.25) is 0 Å². The molecule has 94 valence electrons. The Morgan fingerprint density at radius 3 is 2.42 bits per heavy atom. The fraction of sp³-hybridized carbons (Fsp3) is 0. The molecule has 0 radical (unpaired) electrons. The van der Waals surface area contributed by atoms with Gasteiger partial charge in [-0.1, -0.05) is 30.3 Å². The SMILES string of the molecule is Nc1nc(N)c2nc(-c3ccccc3)[nH]c(=O)c2n1. The van der Waals surface area contributed by atoms with E-state index in [4.69, 9.17) is 11.5 Å². The third-order valence-corrected chi connectivity index (χ3v) is 2.65. The van der Waals surface area contributed by atoms with Crippen LogP contribution in [0.3, 0.4) is 0 Å². The van der Waals surface area contributed by atoms with Crippen LogP contribution in [-0.4, -0.2) is 19.9 Å². The maximum atomic E-state index is 12.0. The van der Waals surface area contributed by atoms with E-state index in [1.165, 1.54) is 0 Å². The molecule has 0 aliphatic heterocycles. The summed E-state index contributed by atoms with van der Waals surface area (Å²) < 4.78 is 0. The van der Waals surface area contributed by atoms with Crippen molar-refractivity contribution >= 4 is 22.8 Å². The van der Waals surface area contributed by atoms with E-state index in [0.717, 1.165) is 5.56 Å². The summed E-state index contributed by atoms with van der Waals surface area (Å²) in [6.07, 6.45) is 0. The number of nitrogens with zero attached hydrogens (tertiary/aromatic N) is 3. The van der Waals surface area contributed by atoms with Crippen molar-refractivity contribution in [3.63, 3.8) is 0 Å². The molecule has 7 heteroatoms. The number of aromatic amines is 1. The summed E-state index contributed by atoms with van der Waals surface area (Å²) in [5.74, 6) is 0.453. The molecule has 3 rings (SSSR count). The Hall–Kier alpha value is -2.96. The first-order valence-corrected chi connectivity index (χ1v) is 5.53. The van der Waals surface area contributed by atoms with Crippen LogP contribution in [0.1, 0.15) is 0 Å². The molecule has 0 saturated heterocycles. The lowest BCUT2D eigenvalue weighted by Crippen LogP contribution is -2.14. The average Bonchev–Trinajstić information content (AvgIpc) is 2.41. The number of aromatic nitrogens is 4. The highest BCUT2D eigenvalue weighted by Crippen LogP contribution is 2.18. The second kappa shape index (κ2) is 4.05. The minimum absolute atomic E-state index is 0.0511. The second-order valence-electron chi connectivity index (χ2n) is 3.94. The van der Waals surface area contributed by atoms with Crippen LogP contribution in [0.5, 0.6) is 0 Å². The standard InChI is InChI=1S/C12H10N6O/c13-9-7-8(16-12(14)17-9)11(19)18-10(15-7)6-4-2-1-3-5-6/h1-5H,(H,15,18,19)(H4,13,14,16,17). The van der Waals surface area contributed by atoms with E-state index in [1.54, 1.807) is 0 Å². The lowest BCUT2D eigenvalue weighted by Gasteiger charge is -2.04. The lowest BCUT2D eigenvalue weighted by atomic mass is 10.2. The van der Waals surface area contributed by atoms with Gasteiger partial charge < -0.3 is 16.5 Å². The van der Waals surface area contributed by atoms with Gasteiger partial charge in [-0.05, 0) is 0 Å². The van der Waals surface area contributed by atoms with E-state index in [-0.39, 0.29) is 22.8 Å². The quantitative estimate of drug-likeness (QED) is 0.582. The van der Waals surface area contributed by atoms with Crippen molar-refractivity contribution in [1.29, 1.82) is 0 Å². The van der Waals surface area contributed by atoms with Gasteiger partial charge in [-0.2, -0.15) is 4.98 Å². The van der Waals surface area contributed by atoms with Gasteiger partial charge in [0, 0.05) is 5.56 Å². The third-order valence-electron chi connectivity index (χ3n) is 2.65. The van der Waals surface area contributed by atoms with Gasteiger partial charge in [0.25, 0.3) is 5.56 Å².